The first-order chi connectivity index (χ1) is 12.3. The molecule has 1 atom stereocenters. The lowest BCUT2D eigenvalue weighted by molar-refractivity contribution is 0.805. The minimum Gasteiger partial charge on any atom is -0.268 e. The maximum absolute atomic E-state index is 13.4. The smallest absolute Gasteiger partial charge is 0.267 e. The predicted octanol–water partition coefficient (Wildman–Crippen LogP) is 4.93. The Balaban J connectivity index is 2.29. The van der Waals surface area contributed by atoms with Gasteiger partial charge in [0.15, 0.2) is 5.16 Å². The Morgan fingerprint density at radius 2 is 2.04 bits per heavy atom. The molecule has 0 saturated carbocycles. The molecule has 4 nitrogen and oxygen atoms in total. The minimum absolute atomic E-state index is 0.0316. The first-order valence-electron chi connectivity index (χ1n) is 8.46. The Morgan fingerprint density at radius 1 is 1.31 bits per heavy atom. The normalized spacial score (nSPS) is 12.3. The number of fused-ring (bicyclic) bond motifs is 1. The number of aryl methyl sites for hydroxylation is 4. The van der Waals surface area contributed by atoms with Crippen molar-refractivity contribution in [3.05, 3.63) is 50.1 Å². The van der Waals surface area contributed by atoms with Crippen LogP contribution in [-0.4, -0.2) is 15.3 Å². The van der Waals surface area contributed by atoms with E-state index in [1.165, 1.54) is 11.8 Å². The van der Waals surface area contributed by atoms with Crippen LogP contribution in [0.3, 0.4) is 0 Å². The van der Waals surface area contributed by atoms with Crippen molar-refractivity contribution in [3.63, 3.8) is 0 Å². The van der Waals surface area contributed by atoms with E-state index in [9.17, 15) is 4.79 Å². The quantitative estimate of drug-likeness (QED) is 0.473. The summed E-state index contributed by atoms with van der Waals surface area (Å²) in [5, 5.41) is 10.4. The average molecular weight is 384 g/mol. The molecule has 0 fully saturated rings. The summed E-state index contributed by atoms with van der Waals surface area (Å²) in [5.74, 6) is 0.495. The molecule has 0 unspecified atom stereocenters. The van der Waals surface area contributed by atoms with Gasteiger partial charge >= 0.3 is 0 Å². The molecular formula is C20H21N3OS2. The summed E-state index contributed by atoms with van der Waals surface area (Å²) in [6.07, 6.45) is 0. The van der Waals surface area contributed by atoms with Crippen molar-refractivity contribution in [3.8, 4) is 11.8 Å². The summed E-state index contributed by atoms with van der Waals surface area (Å²) in [6, 6.07) is 8.31. The lowest BCUT2D eigenvalue weighted by atomic mass is 10.1. The van der Waals surface area contributed by atoms with Gasteiger partial charge in [-0.15, -0.1) is 11.3 Å². The first kappa shape index (κ1) is 18.7. The van der Waals surface area contributed by atoms with E-state index in [4.69, 9.17) is 10.2 Å². The fourth-order valence-corrected chi connectivity index (χ4v) is 4.89. The summed E-state index contributed by atoms with van der Waals surface area (Å²) in [6.45, 7) is 9.93. The Morgan fingerprint density at radius 3 is 2.69 bits per heavy atom. The predicted molar refractivity (Wildman–Crippen MR) is 110 cm³/mol. The number of hydrogen-bond acceptors (Lipinski definition) is 5. The van der Waals surface area contributed by atoms with Crippen molar-refractivity contribution < 1.29 is 0 Å². The average Bonchev–Trinajstić information content (AvgIpc) is 2.88. The lowest BCUT2D eigenvalue weighted by Crippen LogP contribution is -2.22. The van der Waals surface area contributed by atoms with Crippen LogP contribution in [0, 0.1) is 44.9 Å². The number of hydrogen-bond donors (Lipinski definition) is 0. The van der Waals surface area contributed by atoms with Gasteiger partial charge < -0.3 is 0 Å². The molecule has 1 aromatic carbocycles. The number of benzene rings is 1. The van der Waals surface area contributed by atoms with Crippen LogP contribution in [0.15, 0.2) is 28.2 Å². The van der Waals surface area contributed by atoms with Gasteiger partial charge in [0.2, 0.25) is 0 Å². The molecular weight excluding hydrogens is 362 g/mol. The van der Waals surface area contributed by atoms with Gasteiger partial charge in [-0.05, 0) is 51.8 Å². The van der Waals surface area contributed by atoms with E-state index in [-0.39, 0.29) is 11.5 Å². The van der Waals surface area contributed by atoms with Crippen LogP contribution in [0.1, 0.15) is 28.5 Å². The highest BCUT2D eigenvalue weighted by Gasteiger charge is 2.19. The molecule has 0 bridgehead atoms. The van der Waals surface area contributed by atoms with E-state index in [0.29, 0.717) is 16.3 Å². The Bertz CT molecular complexity index is 1090. The molecule has 2 aromatic heterocycles. The molecule has 0 spiro atoms. The molecule has 2 heterocycles. The zero-order valence-corrected chi connectivity index (χ0v) is 17.2. The second-order valence-electron chi connectivity index (χ2n) is 6.63. The third kappa shape index (κ3) is 3.29. The van der Waals surface area contributed by atoms with E-state index in [1.807, 2.05) is 46.8 Å². The third-order valence-corrected chi connectivity index (χ3v) is 6.75. The third-order valence-electron chi connectivity index (χ3n) is 4.45. The molecule has 0 saturated heterocycles. The molecule has 3 aromatic rings. The molecule has 0 aliphatic carbocycles. The standard InChI is InChI=1S/C20H21N3OS2/c1-11-6-7-16(13(3)8-11)23-19(24)17-14(4)15(5)26-18(17)22-20(23)25-10-12(2)9-21/h6-8,12H,10H2,1-5H3/t12-/m0/s1. The van der Waals surface area contributed by atoms with Crippen molar-refractivity contribution in [2.45, 2.75) is 39.8 Å². The van der Waals surface area contributed by atoms with Crippen molar-refractivity contribution in [2.75, 3.05) is 5.75 Å². The summed E-state index contributed by atoms with van der Waals surface area (Å²) in [7, 11) is 0. The van der Waals surface area contributed by atoms with Gasteiger partial charge in [-0.3, -0.25) is 9.36 Å². The zero-order valence-electron chi connectivity index (χ0n) is 15.6. The van der Waals surface area contributed by atoms with Gasteiger partial charge in [-0.25, -0.2) is 4.98 Å². The molecule has 26 heavy (non-hydrogen) atoms. The molecule has 0 aliphatic rings. The minimum atomic E-state index is -0.105. The van der Waals surface area contributed by atoms with Gasteiger partial charge in [0, 0.05) is 10.6 Å². The molecule has 0 radical (unpaired) electrons. The molecule has 134 valence electrons. The fraction of sp³-hybridized carbons (Fsp3) is 0.350. The summed E-state index contributed by atoms with van der Waals surface area (Å²) >= 11 is 3.02. The SMILES string of the molecule is Cc1ccc(-n2c(SC[C@@H](C)C#N)nc3sc(C)c(C)c3c2=O)c(C)c1. The van der Waals surface area contributed by atoms with E-state index in [0.717, 1.165) is 32.1 Å². The largest absolute Gasteiger partial charge is 0.268 e. The van der Waals surface area contributed by atoms with Crippen molar-refractivity contribution in [1.29, 1.82) is 5.26 Å². The van der Waals surface area contributed by atoms with Crippen molar-refractivity contribution >= 4 is 33.3 Å². The second-order valence-corrected chi connectivity index (χ2v) is 8.82. The van der Waals surface area contributed by atoms with Gasteiger partial charge in [-0.2, -0.15) is 5.26 Å². The number of nitriles is 1. The zero-order chi connectivity index (χ0) is 19.0. The molecule has 6 heteroatoms. The summed E-state index contributed by atoms with van der Waals surface area (Å²) in [4.78, 5) is 20.1. The maximum Gasteiger partial charge on any atom is 0.267 e. The van der Waals surface area contributed by atoms with E-state index < -0.39 is 0 Å². The number of rotatable bonds is 4. The Kier molecular flexibility index (Phi) is 5.22. The van der Waals surface area contributed by atoms with Crippen LogP contribution >= 0.6 is 23.1 Å². The number of thiophene rings is 1. The van der Waals surface area contributed by atoms with Crippen molar-refractivity contribution in [1.82, 2.24) is 9.55 Å². The van der Waals surface area contributed by atoms with Gasteiger partial charge in [0.1, 0.15) is 4.83 Å². The highest BCUT2D eigenvalue weighted by atomic mass is 32.2. The highest BCUT2D eigenvalue weighted by molar-refractivity contribution is 7.99. The Hall–Kier alpha value is -2.10. The van der Waals surface area contributed by atoms with Crippen LogP contribution < -0.4 is 5.56 Å². The summed E-state index contributed by atoms with van der Waals surface area (Å²) < 4.78 is 1.71. The van der Waals surface area contributed by atoms with Crippen molar-refractivity contribution in [2.24, 2.45) is 5.92 Å². The molecule has 0 N–H and O–H groups in total. The van der Waals surface area contributed by atoms with Gasteiger partial charge in [0.25, 0.3) is 5.56 Å². The van der Waals surface area contributed by atoms with Crippen LogP contribution in [0.2, 0.25) is 0 Å². The summed E-state index contributed by atoms with van der Waals surface area (Å²) in [5.41, 5.74) is 4.01. The monoisotopic (exact) mass is 383 g/mol. The number of thioether (sulfide) groups is 1. The van der Waals surface area contributed by atoms with E-state index in [2.05, 4.69) is 12.1 Å². The maximum atomic E-state index is 13.4. The second kappa shape index (κ2) is 7.26. The van der Waals surface area contributed by atoms with Crippen LogP contribution in [-0.2, 0) is 0 Å². The molecule has 0 aliphatic heterocycles. The lowest BCUT2D eigenvalue weighted by Gasteiger charge is -2.15. The van der Waals surface area contributed by atoms with Crippen LogP contribution in [0.25, 0.3) is 15.9 Å². The van der Waals surface area contributed by atoms with Crippen LogP contribution in [0.4, 0.5) is 0 Å². The number of aromatic nitrogens is 2. The van der Waals surface area contributed by atoms with Gasteiger partial charge in [-0.1, -0.05) is 29.5 Å². The highest BCUT2D eigenvalue weighted by Crippen LogP contribution is 2.30. The van der Waals surface area contributed by atoms with Crippen LogP contribution in [0.5, 0.6) is 0 Å². The molecule has 3 rings (SSSR count). The fourth-order valence-electron chi connectivity index (χ4n) is 2.88. The topological polar surface area (TPSA) is 58.7 Å². The van der Waals surface area contributed by atoms with Gasteiger partial charge in [0.05, 0.1) is 23.1 Å². The molecule has 0 amide bonds. The first-order valence-corrected chi connectivity index (χ1v) is 10.3. The number of nitrogens with zero attached hydrogens (tertiary/aromatic N) is 3. The van der Waals surface area contributed by atoms with E-state index >= 15 is 0 Å². The van der Waals surface area contributed by atoms with E-state index in [1.54, 1.807) is 15.9 Å². The Labute approximate surface area is 161 Å².